The van der Waals surface area contributed by atoms with Crippen LogP contribution in [0.4, 0.5) is 5.69 Å². The van der Waals surface area contributed by atoms with Gasteiger partial charge < -0.3 is 19.7 Å². The molecule has 0 aromatic heterocycles. The third-order valence-electron chi connectivity index (χ3n) is 2.49. The molecule has 0 amide bonds. The number of carboxylic acid groups (broad SMARTS) is 2. The van der Waals surface area contributed by atoms with Gasteiger partial charge in [-0.15, -0.1) is 0 Å². The maximum atomic E-state index is 11.1. The second-order valence-corrected chi connectivity index (χ2v) is 3.66. The smallest absolute Gasteiger partial charge is 0.343 e. The van der Waals surface area contributed by atoms with E-state index in [9.17, 15) is 19.7 Å². The van der Waals surface area contributed by atoms with Gasteiger partial charge in [0.25, 0.3) is 0 Å². The standard InChI is InChI=1S/C12H11NO8/c1-20-8-4-3-6(5-7(11(14)15)12(16)17)9(13(18)19)10(8)21-2/h3-5H,1-2H3,(H,14,15)(H,16,17). The average molecular weight is 297 g/mol. The van der Waals surface area contributed by atoms with Gasteiger partial charge in [-0.1, -0.05) is 0 Å². The van der Waals surface area contributed by atoms with Crippen LogP contribution in [0.3, 0.4) is 0 Å². The molecular formula is C12H11NO8. The predicted molar refractivity (Wildman–Crippen MR) is 69.4 cm³/mol. The molecule has 1 aromatic carbocycles. The summed E-state index contributed by atoms with van der Waals surface area (Å²) in [4.78, 5) is 32.0. The number of ether oxygens (including phenoxy) is 2. The van der Waals surface area contributed by atoms with Crippen molar-refractivity contribution in [1.82, 2.24) is 0 Å². The van der Waals surface area contributed by atoms with E-state index in [1.54, 1.807) is 0 Å². The van der Waals surface area contributed by atoms with Crippen molar-refractivity contribution in [3.63, 3.8) is 0 Å². The second kappa shape index (κ2) is 6.37. The maximum Gasteiger partial charge on any atom is 0.343 e. The average Bonchev–Trinajstić information content (AvgIpc) is 2.42. The van der Waals surface area contributed by atoms with Gasteiger partial charge in [0.15, 0.2) is 5.75 Å². The van der Waals surface area contributed by atoms with Crippen LogP contribution < -0.4 is 9.47 Å². The quantitative estimate of drug-likeness (QED) is 0.262. The Morgan fingerprint density at radius 2 is 1.76 bits per heavy atom. The molecule has 0 bridgehead atoms. The Hall–Kier alpha value is -3.10. The molecule has 0 spiro atoms. The molecule has 0 aliphatic heterocycles. The molecule has 0 fully saturated rings. The van der Waals surface area contributed by atoms with Crippen LogP contribution in [0.15, 0.2) is 17.7 Å². The maximum absolute atomic E-state index is 11.1. The zero-order chi connectivity index (χ0) is 16.2. The lowest BCUT2D eigenvalue weighted by atomic mass is 10.1. The number of hydrogen-bond acceptors (Lipinski definition) is 6. The minimum absolute atomic E-state index is 0.0635. The first-order valence-corrected chi connectivity index (χ1v) is 5.41. The van der Waals surface area contributed by atoms with E-state index in [1.807, 2.05) is 0 Å². The number of rotatable bonds is 6. The molecule has 112 valence electrons. The highest BCUT2D eigenvalue weighted by Crippen LogP contribution is 2.40. The Balaban J connectivity index is 3.64. The van der Waals surface area contributed by atoms with Gasteiger partial charge in [0.1, 0.15) is 5.57 Å². The Kier molecular flexibility index (Phi) is 4.84. The molecule has 21 heavy (non-hydrogen) atoms. The number of nitrogens with zero attached hydrogens (tertiary/aromatic N) is 1. The Labute approximate surface area is 118 Å². The van der Waals surface area contributed by atoms with Gasteiger partial charge in [0, 0.05) is 0 Å². The third kappa shape index (κ3) is 3.26. The van der Waals surface area contributed by atoms with Crippen molar-refractivity contribution in [2.75, 3.05) is 14.2 Å². The van der Waals surface area contributed by atoms with Crippen LogP contribution >= 0.6 is 0 Å². The molecule has 1 aromatic rings. The van der Waals surface area contributed by atoms with Crippen LogP contribution in [0.2, 0.25) is 0 Å². The molecule has 9 heteroatoms. The Morgan fingerprint density at radius 1 is 1.19 bits per heavy atom. The van der Waals surface area contributed by atoms with E-state index in [-0.39, 0.29) is 17.1 Å². The van der Waals surface area contributed by atoms with E-state index < -0.39 is 28.1 Å². The molecule has 1 rings (SSSR count). The fourth-order valence-electron chi connectivity index (χ4n) is 1.60. The molecule has 0 saturated carbocycles. The molecule has 0 aliphatic rings. The van der Waals surface area contributed by atoms with Crippen LogP contribution in [0.5, 0.6) is 11.5 Å². The van der Waals surface area contributed by atoms with E-state index in [4.69, 9.17) is 19.7 Å². The van der Waals surface area contributed by atoms with Crippen molar-refractivity contribution in [2.24, 2.45) is 0 Å². The second-order valence-electron chi connectivity index (χ2n) is 3.66. The molecule has 0 radical (unpaired) electrons. The molecule has 0 saturated heterocycles. The summed E-state index contributed by atoms with van der Waals surface area (Å²) in [6.45, 7) is 0. The van der Waals surface area contributed by atoms with E-state index >= 15 is 0 Å². The SMILES string of the molecule is COc1ccc(C=C(C(=O)O)C(=O)O)c([N+](=O)[O-])c1OC. The number of aliphatic carboxylic acids is 2. The van der Waals surface area contributed by atoms with Crippen LogP contribution in [0.1, 0.15) is 5.56 Å². The topological polar surface area (TPSA) is 136 Å². The summed E-state index contributed by atoms with van der Waals surface area (Å²) < 4.78 is 9.78. The zero-order valence-electron chi connectivity index (χ0n) is 11.0. The highest BCUT2D eigenvalue weighted by atomic mass is 16.6. The Bertz CT molecular complexity index is 618. The first-order valence-electron chi connectivity index (χ1n) is 5.41. The predicted octanol–water partition coefficient (Wildman–Crippen LogP) is 1.16. The number of nitro benzene ring substituents is 1. The van der Waals surface area contributed by atoms with Gasteiger partial charge in [0.2, 0.25) is 5.75 Å². The highest BCUT2D eigenvalue weighted by Gasteiger charge is 2.26. The van der Waals surface area contributed by atoms with Crippen LogP contribution in [-0.2, 0) is 9.59 Å². The van der Waals surface area contributed by atoms with Gasteiger partial charge in [-0.25, -0.2) is 9.59 Å². The minimum atomic E-state index is -1.72. The minimum Gasteiger partial charge on any atom is -0.493 e. The lowest BCUT2D eigenvalue weighted by Gasteiger charge is -2.09. The van der Waals surface area contributed by atoms with E-state index in [2.05, 4.69) is 0 Å². The number of methoxy groups -OCH3 is 2. The Morgan fingerprint density at radius 3 is 2.14 bits per heavy atom. The fraction of sp³-hybridized carbons (Fsp3) is 0.167. The van der Waals surface area contributed by atoms with Crippen molar-refractivity contribution in [2.45, 2.75) is 0 Å². The summed E-state index contributed by atoms with van der Waals surface area (Å²) in [6, 6.07) is 2.48. The molecule has 0 aliphatic carbocycles. The van der Waals surface area contributed by atoms with Crippen molar-refractivity contribution in [1.29, 1.82) is 0 Å². The third-order valence-corrected chi connectivity index (χ3v) is 2.49. The zero-order valence-corrected chi connectivity index (χ0v) is 11.0. The van der Waals surface area contributed by atoms with Gasteiger partial charge in [-0.3, -0.25) is 10.1 Å². The molecular weight excluding hydrogens is 286 g/mol. The summed E-state index contributed by atoms with van der Waals surface area (Å²) in [5.41, 5.74) is -1.82. The monoisotopic (exact) mass is 297 g/mol. The first kappa shape index (κ1) is 16.0. The van der Waals surface area contributed by atoms with E-state index in [0.29, 0.717) is 6.08 Å². The van der Waals surface area contributed by atoms with Gasteiger partial charge in [-0.05, 0) is 18.2 Å². The van der Waals surface area contributed by atoms with Crippen LogP contribution in [-0.4, -0.2) is 41.3 Å². The number of nitro groups is 1. The molecule has 2 N–H and O–H groups in total. The molecule has 0 atom stereocenters. The van der Waals surface area contributed by atoms with Crippen LogP contribution in [0, 0.1) is 10.1 Å². The van der Waals surface area contributed by atoms with Gasteiger partial charge >= 0.3 is 17.6 Å². The number of hydrogen-bond donors (Lipinski definition) is 2. The molecule has 0 heterocycles. The first-order chi connectivity index (χ1) is 9.83. The molecule has 0 unspecified atom stereocenters. The summed E-state index contributed by atoms with van der Waals surface area (Å²) in [6.07, 6.45) is 0.685. The number of benzene rings is 1. The summed E-state index contributed by atoms with van der Waals surface area (Å²) in [7, 11) is 2.45. The van der Waals surface area contributed by atoms with E-state index in [1.165, 1.54) is 26.4 Å². The van der Waals surface area contributed by atoms with Gasteiger partial charge in [0.05, 0.1) is 24.7 Å². The van der Waals surface area contributed by atoms with Crippen molar-refractivity contribution in [3.05, 3.63) is 33.4 Å². The largest absolute Gasteiger partial charge is 0.493 e. The van der Waals surface area contributed by atoms with E-state index in [0.717, 1.165) is 0 Å². The summed E-state index contributed by atoms with van der Waals surface area (Å²) in [5.74, 6) is -3.60. The van der Waals surface area contributed by atoms with Crippen LogP contribution in [0.25, 0.3) is 6.08 Å². The summed E-state index contributed by atoms with van der Waals surface area (Å²) >= 11 is 0. The normalized spacial score (nSPS) is 9.62. The lowest BCUT2D eigenvalue weighted by Crippen LogP contribution is -2.11. The lowest BCUT2D eigenvalue weighted by molar-refractivity contribution is -0.386. The fourth-order valence-corrected chi connectivity index (χ4v) is 1.60. The molecule has 9 nitrogen and oxygen atoms in total. The van der Waals surface area contributed by atoms with Gasteiger partial charge in [-0.2, -0.15) is 0 Å². The number of carboxylic acids is 2. The number of carbonyl (C=O) groups is 2. The van der Waals surface area contributed by atoms with Crippen molar-refractivity contribution in [3.8, 4) is 11.5 Å². The summed E-state index contributed by atoms with van der Waals surface area (Å²) in [5, 5.41) is 28.7. The van der Waals surface area contributed by atoms with Crippen molar-refractivity contribution >= 4 is 23.7 Å². The highest BCUT2D eigenvalue weighted by molar-refractivity contribution is 6.16. The van der Waals surface area contributed by atoms with Crippen molar-refractivity contribution < 1.29 is 34.2 Å².